The molecule has 1 atom stereocenters. The number of hydrogen-bond donors (Lipinski definition) is 1. The Bertz CT molecular complexity index is 833. The van der Waals surface area contributed by atoms with Gasteiger partial charge in [-0.25, -0.2) is 0 Å². The molecule has 0 aromatic heterocycles. The van der Waals surface area contributed by atoms with E-state index in [4.69, 9.17) is 0 Å². The van der Waals surface area contributed by atoms with Crippen molar-refractivity contribution in [2.24, 2.45) is 0 Å². The van der Waals surface area contributed by atoms with Crippen LogP contribution in [0.4, 0.5) is 5.69 Å². The van der Waals surface area contributed by atoms with Crippen LogP contribution in [0.1, 0.15) is 35.7 Å². The van der Waals surface area contributed by atoms with E-state index in [0.29, 0.717) is 23.7 Å². The first-order valence-corrected chi connectivity index (χ1v) is 9.37. The molecule has 6 heteroatoms. The second kappa shape index (κ2) is 8.31. The van der Waals surface area contributed by atoms with E-state index >= 15 is 0 Å². The number of aryl methyl sites for hydroxylation is 1. The van der Waals surface area contributed by atoms with E-state index in [9.17, 15) is 14.9 Å². The highest BCUT2D eigenvalue weighted by atomic mass is 16.6. The molecule has 6 nitrogen and oxygen atoms in total. The lowest BCUT2D eigenvalue weighted by atomic mass is 10.0. The summed E-state index contributed by atoms with van der Waals surface area (Å²) in [7, 11) is 0. The maximum Gasteiger partial charge on any atom is 0.277 e. The van der Waals surface area contributed by atoms with Gasteiger partial charge in [0, 0.05) is 24.2 Å². The van der Waals surface area contributed by atoms with Crippen molar-refractivity contribution in [3.05, 3.63) is 63.7 Å². The van der Waals surface area contributed by atoms with E-state index < -0.39 is 4.92 Å². The van der Waals surface area contributed by atoms with Crippen molar-refractivity contribution >= 4 is 11.6 Å². The third-order valence-electron chi connectivity index (χ3n) is 5.22. The standard InChI is InChI=1S/C21H25N3O3/c1-3-23-12-4-5-18(23)14-22-21(25)17-10-11-19(20(13-17)24(26)27)16-8-6-15(2)7-9-16/h6-11,13,18H,3-5,12,14H2,1-2H3,(H,22,25). The monoisotopic (exact) mass is 367 g/mol. The second-order valence-corrected chi connectivity index (χ2v) is 6.99. The van der Waals surface area contributed by atoms with Crippen LogP contribution in [-0.2, 0) is 0 Å². The fourth-order valence-corrected chi connectivity index (χ4v) is 3.66. The van der Waals surface area contributed by atoms with Crippen LogP contribution in [0.5, 0.6) is 0 Å². The number of benzene rings is 2. The number of nitro benzene ring substituents is 1. The Hall–Kier alpha value is -2.73. The van der Waals surface area contributed by atoms with E-state index in [-0.39, 0.29) is 11.6 Å². The number of nitro groups is 1. The Morgan fingerprint density at radius 1 is 1.26 bits per heavy atom. The SMILES string of the molecule is CCN1CCCC1CNC(=O)c1ccc(-c2ccc(C)cc2)c([N+](=O)[O-])c1. The summed E-state index contributed by atoms with van der Waals surface area (Å²) in [6.45, 7) is 6.69. The van der Waals surface area contributed by atoms with Crippen molar-refractivity contribution in [3.63, 3.8) is 0 Å². The quantitative estimate of drug-likeness (QED) is 0.623. The molecule has 1 saturated heterocycles. The molecule has 1 N–H and O–H groups in total. The number of carbonyl (C=O) groups excluding carboxylic acids is 1. The lowest BCUT2D eigenvalue weighted by Gasteiger charge is -2.22. The van der Waals surface area contributed by atoms with Crippen LogP contribution in [0.15, 0.2) is 42.5 Å². The van der Waals surface area contributed by atoms with Gasteiger partial charge in [0.2, 0.25) is 0 Å². The Morgan fingerprint density at radius 3 is 2.67 bits per heavy atom. The van der Waals surface area contributed by atoms with Crippen molar-refractivity contribution in [1.29, 1.82) is 0 Å². The average Bonchev–Trinajstić information content (AvgIpc) is 3.14. The van der Waals surface area contributed by atoms with Crippen LogP contribution in [-0.4, -0.2) is 41.4 Å². The fourth-order valence-electron chi connectivity index (χ4n) is 3.66. The third-order valence-corrected chi connectivity index (χ3v) is 5.22. The maximum absolute atomic E-state index is 12.5. The lowest BCUT2D eigenvalue weighted by Crippen LogP contribution is -2.40. The van der Waals surface area contributed by atoms with E-state index in [2.05, 4.69) is 17.1 Å². The van der Waals surface area contributed by atoms with Gasteiger partial charge in [-0.15, -0.1) is 0 Å². The number of carbonyl (C=O) groups is 1. The van der Waals surface area contributed by atoms with Gasteiger partial charge >= 0.3 is 0 Å². The summed E-state index contributed by atoms with van der Waals surface area (Å²) in [5.74, 6) is -0.267. The van der Waals surface area contributed by atoms with Gasteiger partial charge in [-0.1, -0.05) is 36.8 Å². The average molecular weight is 367 g/mol. The van der Waals surface area contributed by atoms with E-state index in [1.54, 1.807) is 12.1 Å². The first-order valence-electron chi connectivity index (χ1n) is 9.37. The molecule has 1 amide bonds. The first kappa shape index (κ1) is 19.0. The predicted octanol–water partition coefficient (Wildman–Crippen LogP) is 3.78. The van der Waals surface area contributed by atoms with Crippen molar-refractivity contribution in [1.82, 2.24) is 10.2 Å². The summed E-state index contributed by atoms with van der Waals surface area (Å²) in [6.07, 6.45) is 2.21. The van der Waals surface area contributed by atoms with Gasteiger partial charge in [-0.2, -0.15) is 0 Å². The number of hydrogen-bond acceptors (Lipinski definition) is 4. The van der Waals surface area contributed by atoms with Crippen LogP contribution < -0.4 is 5.32 Å². The Kier molecular flexibility index (Phi) is 5.86. The summed E-state index contributed by atoms with van der Waals surface area (Å²) in [5, 5.41) is 14.5. The largest absolute Gasteiger partial charge is 0.350 e. The maximum atomic E-state index is 12.5. The number of nitrogens with one attached hydrogen (secondary N) is 1. The van der Waals surface area contributed by atoms with Crippen LogP contribution in [0.25, 0.3) is 11.1 Å². The van der Waals surface area contributed by atoms with E-state index in [0.717, 1.165) is 37.1 Å². The normalized spacial score (nSPS) is 17.0. The minimum Gasteiger partial charge on any atom is -0.350 e. The van der Waals surface area contributed by atoms with Gasteiger partial charge in [0.1, 0.15) is 0 Å². The zero-order chi connectivity index (χ0) is 19.4. The second-order valence-electron chi connectivity index (χ2n) is 6.99. The topological polar surface area (TPSA) is 75.5 Å². The highest BCUT2D eigenvalue weighted by Gasteiger charge is 2.24. The van der Waals surface area contributed by atoms with Gasteiger partial charge in [-0.05, 0) is 50.6 Å². The summed E-state index contributed by atoms with van der Waals surface area (Å²) in [4.78, 5) is 26.0. The first-order chi connectivity index (χ1) is 13.0. The van der Waals surface area contributed by atoms with Gasteiger partial charge < -0.3 is 5.32 Å². The number of amides is 1. The summed E-state index contributed by atoms with van der Waals surface area (Å²) in [5.41, 5.74) is 2.64. The molecule has 1 unspecified atom stereocenters. The van der Waals surface area contributed by atoms with E-state index in [1.165, 1.54) is 6.07 Å². The molecule has 0 radical (unpaired) electrons. The zero-order valence-electron chi connectivity index (χ0n) is 15.8. The van der Waals surface area contributed by atoms with Crippen molar-refractivity contribution in [3.8, 4) is 11.1 Å². The van der Waals surface area contributed by atoms with Crippen LogP contribution in [0, 0.1) is 17.0 Å². The van der Waals surface area contributed by atoms with Crippen molar-refractivity contribution in [2.45, 2.75) is 32.7 Å². The molecule has 1 aliphatic rings. The minimum atomic E-state index is -0.429. The number of likely N-dealkylation sites (tertiary alicyclic amines) is 1. The molecule has 0 aliphatic carbocycles. The molecular weight excluding hydrogens is 342 g/mol. The molecule has 142 valence electrons. The van der Waals surface area contributed by atoms with Crippen LogP contribution >= 0.6 is 0 Å². The Balaban J connectivity index is 1.78. The van der Waals surface area contributed by atoms with Crippen molar-refractivity contribution < 1.29 is 9.72 Å². The van der Waals surface area contributed by atoms with Gasteiger partial charge in [0.25, 0.3) is 11.6 Å². The smallest absolute Gasteiger partial charge is 0.277 e. The summed E-state index contributed by atoms with van der Waals surface area (Å²) in [6, 6.07) is 12.6. The number of nitrogens with zero attached hydrogens (tertiary/aromatic N) is 2. The molecule has 27 heavy (non-hydrogen) atoms. The molecule has 1 fully saturated rings. The molecule has 1 heterocycles. The zero-order valence-corrected chi connectivity index (χ0v) is 15.8. The van der Waals surface area contributed by atoms with Gasteiger partial charge in [0.05, 0.1) is 10.5 Å². The third kappa shape index (κ3) is 4.34. The molecule has 2 aromatic rings. The predicted molar refractivity (Wildman–Crippen MR) is 106 cm³/mol. The van der Waals surface area contributed by atoms with Crippen molar-refractivity contribution in [2.75, 3.05) is 19.6 Å². The highest BCUT2D eigenvalue weighted by molar-refractivity contribution is 5.96. The number of likely N-dealkylation sites (N-methyl/N-ethyl adjacent to an activating group) is 1. The summed E-state index contributed by atoms with van der Waals surface area (Å²) >= 11 is 0. The molecule has 1 aliphatic heterocycles. The highest BCUT2D eigenvalue weighted by Crippen LogP contribution is 2.31. The number of rotatable bonds is 6. The fraction of sp³-hybridized carbons (Fsp3) is 0.381. The van der Waals surface area contributed by atoms with Gasteiger partial charge in [-0.3, -0.25) is 19.8 Å². The van der Waals surface area contributed by atoms with E-state index in [1.807, 2.05) is 31.2 Å². The van der Waals surface area contributed by atoms with Crippen LogP contribution in [0.3, 0.4) is 0 Å². The van der Waals surface area contributed by atoms with Crippen LogP contribution in [0.2, 0.25) is 0 Å². The molecule has 2 aromatic carbocycles. The minimum absolute atomic E-state index is 0.0532. The molecule has 0 saturated carbocycles. The molecule has 3 rings (SSSR count). The molecule has 0 spiro atoms. The van der Waals surface area contributed by atoms with Gasteiger partial charge in [0.15, 0.2) is 0 Å². The Labute approximate surface area is 159 Å². The summed E-state index contributed by atoms with van der Waals surface area (Å²) < 4.78 is 0. The molecule has 0 bridgehead atoms. The molecular formula is C21H25N3O3. The lowest BCUT2D eigenvalue weighted by molar-refractivity contribution is -0.384. The Morgan fingerprint density at radius 2 is 2.00 bits per heavy atom.